The summed E-state index contributed by atoms with van der Waals surface area (Å²) in [6.07, 6.45) is -0.938. The molecule has 2 saturated carbocycles. The van der Waals surface area contributed by atoms with E-state index in [0.29, 0.717) is 18.5 Å². The highest BCUT2D eigenvalue weighted by molar-refractivity contribution is 5.98. The second-order valence-electron chi connectivity index (χ2n) is 12.5. The molecule has 42 heavy (non-hydrogen) atoms. The highest BCUT2D eigenvalue weighted by Crippen LogP contribution is 2.50. The van der Waals surface area contributed by atoms with Crippen LogP contribution in [-0.4, -0.2) is 75.9 Å². The lowest BCUT2D eigenvalue weighted by Crippen LogP contribution is -2.59. The lowest BCUT2D eigenvalue weighted by molar-refractivity contribution is -0.196. The highest BCUT2D eigenvalue weighted by Gasteiger charge is 2.50. The van der Waals surface area contributed by atoms with Crippen molar-refractivity contribution in [2.24, 2.45) is 23.7 Å². The van der Waals surface area contributed by atoms with E-state index in [4.69, 9.17) is 4.74 Å². The summed E-state index contributed by atoms with van der Waals surface area (Å²) < 4.78 is 74.5. The van der Waals surface area contributed by atoms with Gasteiger partial charge in [-0.2, -0.15) is 18.3 Å². The van der Waals surface area contributed by atoms with E-state index in [0.717, 1.165) is 23.9 Å². The van der Waals surface area contributed by atoms with Crippen molar-refractivity contribution in [1.82, 2.24) is 25.4 Å². The first-order chi connectivity index (χ1) is 19.7. The molecule has 2 aliphatic carbocycles. The van der Waals surface area contributed by atoms with Gasteiger partial charge in [-0.3, -0.25) is 19.6 Å². The predicted molar refractivity (Wildman–Crippen MR) is 143 cm³/mol. The molecule has 3 fully saturated rings. The van der Waals surface area contributed by atoms with Gasteiger partial charge in [0.1, 0.15) is 17.4 Å². The number of halogens is 5. The van der Waals surface area contributed by atoms with Gasteiger partial charge >= 0.3 is 6.18 Å². The van der Waals surface area contributed by atoms with Gasteiger partial charge in [0.25, 0.3) is 0 Å². The Bertz CT molecular complexity index is 1300. The average molecular weight is 598 g/mol. The fourth-order valence-electron chi connectivity index (χ4n) is 7.17. The fourth-order valence-corrected chi connectivity index (χ4v) is 7.17. The number of nitrogens with one attached hydrogen (secondary N) is 2. The number of carbonyl (C=O) groups is 2. The van der Waals surface area contributed by atoms with E-state index in [-0.39, 0.29) is 78.4 Å². The number of H-pyrrole nitrogens is 1. The fraction of sp³-hybridized carbons (Fsp3) is 0.655. The summed E-state index contributed by atoms with van der Waals surface area (Å²) in [6, 6.07) is 0.681. The number of hydrogen-bond acceptors (Lipinski definition) is 6. The van der Waals surface area contributed by atoms with Gasteiger partial charge in [-0.15, -0.1) is 0 Å². The van der Waals surface area contributed by atoms with Crippen LogP contribution in [0.15, 0.2) is 18.3 Å². The zero-order valence-corrected chi connectivity index (χ0v) is 23.8. The summed E-state index contributed by atoms with van der Waals surface area (Å²) in [5.41, 5.74) is -1.12. The van der Waals surface area contributed by atoms with Gasteiger partial charge in [-0.05, 0) is 70.3 Å². The van der Waals surface area contributed by atoms with Crippen molar-refractivity contribution in [1.29, 1.82) is 0 Å². The van der Waals surface area contributed by atoms with Crippen LogP contribution in [0, 0.1) is 29.5 Å². The number of aromatic nitrogens is 3. The van der Waals surface area contributed by atoms with Gasteiger partial charge in [0.05, 0.1) is 19.0 Å². The summed E-state index contributed by atoms with van der Waals surface area (Å²) in [4.78, 5) is 31.7. The summed E-state index contributed by atoms with van der Waals surface area (Å²) in [7, 11) is 1.42. The van der Waals surface area contributed by atoms with Crippen molar-refractivity contribution >= 4 is 11.7 Å². The van der Waals surface area contributed by atoms with E-state index >= 15 is 0 Å². The third-order valence-electron chi connectivity index (χ3n) is 8.92. The molecule has 13 heteroatoms. The standard InChI is InChI=1S/C29H36F5N5O3/c1-28(2,31)14-39-13-18(6-7-23(39)29(32,33)34)36-27(41)17-8-15-4-5-16(9-17)25(15)26(40)22-11-21(37-38-22)19-10-24(42-3)35-12-20(19)30/h10-12,15-18,23,25H,4-9,13-14H2,1-3H3,(H,36,41)(H,37,38)/t15-,16+,17-,18?,23-,25?/m0/s1. The number of methoxy groups -OCH3 is 1. The first kappa shape index (κ1) is 30.4. The van der Waals surface area contributed by atoms with Crippen molar-refractivity contribution in [3.63, 3.8) is 0 Å². The maximum atomic E-state index is 14.4. The number of hydrogen-bond donors (Lipinski definition) is 2. The van der Waals surface area contributed by atoms with Crippen molar-refractivity contribution in [3.05, 3.63) is 29.8 Å². The third-order valence-corrected chi connectivity index (χ3v) is 8.92. The van der Waals surface area contributed by atoms with E-state index in [1.165, 1.54) is 33.1 Å². The molecule has 230 valence electrons. The van der Waals surface area contributed by atoms with Gasteiger partial charge < -0.3 is 10.1 Å². The molecule has 3 heterocycles. The van der Waals surface area contributed by atoms with E-state index in [1.54, 1.807) is 0 Å². The van der Waals surface area contributed by atoms with Crippen LogP contribution in [0.25, 0.3) is 11.3 Å². The topological polar surface area (TPSA) is 100 Å². The Balaban J connectivity index is 1.22. The minimum atomic E-state index is -4.47. The molecule has 2 bridgehead atoms. The zero-order chi connectivity index (χ0) is 30.4. The molecule has 2 N–H and O–H groups in total. The summed E-state index contributed by atoms with van der Waals surface area (Å²) in [6.45, 7) is 2.04. The molecule has 0 spiro atoms. The minimum Gasteiger partial charge on any atom is -0.481 e. The minimum absolute atomic E-state index is 0.0327. The Labute approximate surface area is 240 Å². The molecule has 0 radical (unpaired) electrons. The summed E-state index contributed by atoms with van der Waals surface area (Å²) in [5.74, 6) is -1.48. The van der Waals surface area contributed by atoms with Crippen LogP contribution in [0.4, 0.5) is 22.0 Å². The molecule has 0 aromatic carbocycles. The highest BCUT2D eigenvalue weighted by atomic mass is 19.4. The van der Waals surface area contributed by atoms with E-state index in [9.17, 15) is 31.5 Å². The van der Waals surface area contributed by atoms with E-state index in [2.05, 4.69) is 20.5 Å². The molecule has 2 aromatic rings. The molecule has 8 nitrogen and oxygen atoms in total. The summed E-state index contributed by atoms with van der Waals surface area (Å²) >= 11 is 0. The van der Waals surface area contributed by atoms with Gasteiger partial charge in [-0.1, -0.05) is 0 Å². The number of ketones is 1. The van der Waals surface area contributed by atoms with Crippen LogP contribution in [0.2, 0.25) is 0 Å². The Morgan fingerprint density at radius 2 is 1.79 bits per heavy atom. The van der Waals surface area contributed by atoms with Crippen molar-refractivity contribution < 1.29 is 36.3 Å². The van der Waals surface area contributed by atoms with Crippen LogP contribution in [0.3, 0.4) is 0 Å². The zero-order valence-electron chi connectivity index (χ0n) is 23.8. The molecule has 1 amide bonds. The van der Waals surface area contributed by atoms with Crippen LogP contribution >= 0.6 is 0 Å². The van der Waals surface area contributed by atoms with E-state index in [1.807, 2.05) is 0 Å². The maximum absolute atomic E-state index is 14.4. The van der Waals surface area contributed by atoms with Crippen LogP contribution in [-0.2, 0) is 4.79 Å². The Morgan fingerprint density at radius 1 is 1.10 bits per heavy atom. The Kier molecular flexibility index (Phi) is 8.34. The number of rotatable bonds is 8. The number of ether oxygens (including phenoxy) is 1. The predicted octanol–water partition coefficient (Wildman–Crippen LogP) is 5.11. The number of Topliss-reactive ketones (excluding diaryl/α,β-unsaturated/α-hetero) is 1. The number of carbonyl (C=O) groups excluding carboxylic acids is 2. The second-order valence-corrected chi connectivity index (χ2v) is 12.5. The van der Waals surface area contributed by atoms with Gasteiger partial charge in [0.2, 0.25) is 11.8 Å². The molecular weight excluding hydrogens is 561 g/mol. The molecule has 1 saturated heterocycles. The van der Waals surface area contributed by atoms with Gasteiger partial charge in [-0.25, -0.2) is 13.8 Å². The molecule has 1 aliphatic heterocycles. The van der Waals surface area contributed by atoms with Crippen molar-refractivity contribution in [2.75, 3.05) is 20.2 Å². The third kappa shape index (κ3) is 6.45. The number of fused-ring (bicyclic) bond motifs is 2. The quantitative estimate of drug-likeness (QED) is 0.324. The number of aromatic amines is 1. The molecule has 3 aliphatic rings. The number of nitrogens with zero attached hydrogens (tertiary/aromatic N) is 3. The smallest absolute Gasteiger partial charge is 0.404 e. The van der Waals surface area contributed by atoms with Crippen LogP contribution < -0.4 is 10.1 Å². The molecule has 5 rings (SSSR count). The van der Waals surface area contributed by atoms with Gasteiger partial charge in [0, 0.05) is 42.6 Å². The monoisotopic (exact) mass is 597 g/mol. The van der Waals surface area contributed by atoms with Crippen LogP contribution in [0.5, 0.6) is 5.88 Å². The number of likely N-dealkylation sites (tertiary alicyclic amines) is 1. The van der Waals surface area contributed by atoms with Crippen LogP contribution in [0.1, 0.15) is 62.9 Å². The first-order valence-corrected chi connectivity index (χ1v) is 14.3. The maximum Gasteiger partial charge on any atom is 0.404 e. The lowest BCUT2D eigenvalue weighted by Gasteiger charge is -2.42. The summed E-state index contributed by atoms with van der Waals surface area (Å²) in [5, 5.41) is 9.82. The largest absolute Gasteiger partial charge is 0.481 e. The van der Waals surface area contributed by atoms with Crippen molar-refractivity contribution in [3.8, 4) is 17.1 Å². The van der Waals surface area contributed by atoms with Crippen molar-refractivity contribution in [2.45, 2.75) is 76.3 Å². The van der Waals surface area contributed by atoms with E-state index < -0.39 is 29.7 Å². The lowest BCUT2D eigenvalue weighted by atomic mass is 9.70. The Morgan fingerprint density at radius 3 is 2.40 bits per heavy atom. The van der Waals surface area contributed by atoms with Gasteiger partial charge in [0.15, 0.2) is 11.6 Å². The number of pyridine rings is 1. The molecular formula is C29H36F5N5O3. The molecule has 2 aromatic heterocycles. The SMILES string of the molecule is COc1cc(-c2cc(C(=O)C3[C@@H]4CC[C@H]3C[C@H](C(=O)NC3CC[C@@H](C(F)(F)F)N(CC(C)(C)F)C3)C4)n[nH]2)c(F)cn1. The number of alkyl halides is 4. The number of piperidine rings is 1. The average Bonchev–Trinajstić information content (AvgIpc) is 3.49. The normalized spacial score (nSPS) is 28.5. The molecule has 6 atom stereocenters. The number of amides is 1. The Hall–Kier alpha value is -3.09. The second kappa shape index (κ2) is 11.5. The first-order valence-electron chi connectivity index (χ1n) is 14.3. The molecule has 2 unspecified atom stereocenters.